The number of rotatable bonds is 9. The van der Waals surface area contributed by atoms with Gasteiger partial charge in [0.2, 0.25) is 11.8 Å². The number of amides is 2. The van der Waals surface area contributed by atoms with Crippen LogP contribution in [0.15, 0.2) is 35.2 Å². The summed E-state index contributed by atoms with van der Waals surface area (Å²) in [7, 11) is -1.28. The molecule has 4 N–H and O–H groups in total. The number of carbonyl (C=O) groups excluding carboxylic acids is 2. The maximum Gasteiger partial charge on any atom is 0.249 e. The lowest BCUT2D eigenvalue weighted by atomic mass is 10.1. The van der Waals surface area contributed by atoms with E-state index in [-0.39, 0.29) is 18.1 Å². The molecule has 0 aliphatic carbocycles. The first-order valence-electron chi connectivity index (χ1n) is 7.52. The lowest BCUT2D eigenvalue weighted by Gasteiger charge is -2.18. The molecule has 2 amide bonds. The molecule has 1 aromatic rings. The van der Waals surface area contributed by atoms with Crippen molar-refractivity contribution in [2.24, 2.45) is 11.7 Å². The Morgan fingerprint density at radius 3 is 2.39 bits per heavy atom. The van der Waals surface area contributed by atoms with E-state index in [4.69, 9.17) is 5.73 Å². The van der Waals surface area contributed by atoms with Gasteiger partial charge in [0.05, 0.1) is 10.8 Å². The summed E-state index contributed by atoms with van der Waals surface area (Å²) in [5.41, 5.74) is 5.28. The zero-order valence-electron chi connectivity index (χ0n) is 13.4. The van der Waals surface area contributed by atoms with Crippen LogP contribution >= 0.6 is 0 Å². The number of aliphatic hydroxyl groups is 1. The molecule has 128 valence electrons. The largest absolute Gasteiger partial charge is 0.383 e. The molecule has 0 saturated carbocycles. The minimum Gasteiger partial charge on any atom is -0.383 e. The molecule has 0 fully saturated rings. The minimum atomic E-state index is -1.28. The number of carbonyl (C=O) groups is 2. The molecule has 0 unspecified atom stereocenters. The third-order valence-corrected chi connectivity index (χ3v) is 4.66. The molecular formula is C16H24N2O4S. The maximum atomic E-state index is 12.1. The quantitative estimate of drug-likeness (QED) is 0.610. The molecule has 0 saturated heterocycles. The standard InChI is InChI=1S/C16H24N2O4S/c1-11(2)10-14(19)16(21)18-13(15(17)20)8-9-23(22)12-6-4-3-5-7-12/h3-7,11,13-14,19H,8-10H2,1-2H3,(H2,17,20)(H,18,21)/t13-,14+,23+/m1/s1. The van der Waals surface area contributed by atoms with E-state index >= 15 is 0 Å². The van der Waals surface area contributed by atoms with Crippen molar-refractivity contribution >= 4 is 22.6 Å². The topological polar surface area (TPSA) is 109 Å². The molecule has 0 heterocycles. The SMILES string of the molecule is CC(C)C[C@H](O)C(=O)N[C@H](CC[S@](=O)c1ccccc1)C(N)=O. The smallest absolute Gasteiger partial charge is 0.249 e. The Morgan fingerprint density at radius 1 is 1.26 bits per heavy atom. The molecule has 1 rings (SSSR count). The predicted molar refractivity (Wildman–Crippen MR) is 88.9 cm³/mol. The van der Waals surface area contributed by atoms with Crippen molar-refractivity contribution in [3.63, 3.8) is 0 Å². The molecule has 23 heavy (non-hydrogen) atoms. The van der Waals surface area contributed by atoms with Crippen LogP contribution in [0.2, 0.25) is 0 Å². The fourth-order valence-electron chi connectivity index (χ4n) is 2.02. The summed E-state index contributed by atoms with van der Waals surface area (Å²) in [4.78, 5) is 24.0. The number of hydrogen-bond acceptors (Lipinski definition) is 4. The van der Waals surface area contributed by atoms with Crippen molar-refractivity contribution in [1.29, 1.82) is 0 Å². The Kier molecular flexibility index (Phi) is 7.91. The molecule has 3 atom stereocenters. The van der Waals surface area contributed by atoms with Crippen molar-refractivity contribution in [1.82, 2.24) is 5.32 Å². The van der Waals surface area contributed by atoms with Gasteiger partial charge < -0.3 is 16.2 Å². The van der Waals surface area contributed by atoms with Crippen LogP contribution in [0, 0.1) is 5.92 Å². The van der Waals surface area contributed by atoms with Crippen molar-refractivity contribution in [2.75, 3.05) is 5.75 Å². The Bertz CT molecular complexity index is 548. The predicted octanol–water partition coefficient (Wildman–Crippen LogP) is 0.561. The van der Waals surface area contributed by atoms with Crippen molar-refractivity contribution < 1.29 is 18.9 Å². The van der Waals surface area contributed by atoms with Gasteiger partial charge in [-0.05, 0) is 30.9 Å². The van der Waals surface area contributed by atoms with Crippen LogP contribution < -0.4 is 11.1 Å². The van der Waals surface area contributed by atoms with Gasteiger partial charge in [0.1, 0.15) is 12.1 Å². The third-order valence-electron chi connectivity index (χ3n) is 3.26. The number of primary amides is 1. The second kappa shape index (κ2) is 9.42. The zero-order valence-corrected chi connectivity index (χ0v) is 14.2. The molecule has 0 bridgehead atoms. The highest BCUT2D eigenvalue weighted by Crippen LogP contribution is 2.09. The van der Waals surface area contributed by atoms with Crippen LogP contribution in [0.5, 0.6) is 0 Å². The van der Waals surface area contributed by atoms with Crippen LogP contribution in [-0.4, -0.2) is 39.0 Å². The van der Waals surface area contributed by atoms with Crippen LogP contribution in [-0.2, 0) is 20.4 Å². The van der Waals surface area contributed by atoms with Gasteiger partial charge in [0, 0.05) is 10.6 Å². The average Bonchev–Trinajstić information content (AvgIpc) is 2.50. The van der Waals surface area contributed by atoms with Crippen LogP contribution in [0.1, 0.15) is 26.7 Å². The molecule has 7 heteroatoms. The Morgan fingerprint density at radius 2 is 1.87 bits per heavy atom. The number of nitrogens with one attached hydrogen (secondary N) is 1. The van der Waals surface area contributed by atoms with E-state index in [1.54, 1.807) is 24.3 Å². The van der Waals surface area contributed by atoms with Crippen molar-refractivity contribution in [3.8, 4) is 0 Å². The number of benzene rings is 1. The average molecular weight is 340 g/mol. The summed E-state index contributed by atoms with van der Waals surface area (Å²) >= 11 is 0. The summed E-state index contributed by atoms with van der Waals surface area (Å²) < 4.78 is 12.1. The molecule has 1 aromatic carbocycles. The van der Waals surface area contributed by atoms with Crippen LogP contribution in [0.4, 0.5) is 0 Å². The molecule has 0 aliphatic rings. The highest BCUT2D eigenvalue weighted by Gasteiger charge is 2.23. The highest BCUT2D eigenvalue weighted by atomic mass is 32.2. The molecule has 0 radical (unpaired) electrons. The summed E-state index contributed by atoms with van der Waals surface area (Å²) in [6.45, 7) is 3.76. The molecule has 6 nitrogen and oxygen atoms in total. The highest BCUT2D eigenvalue weighted by molar-refractivity contribution is 7.85. The van der Waals surface area contributed by atoms with Gasteiger partial charge in [-0.1, -0.05) is 32.0 Å². The van der Waals surface area contributed by atoms with E-state index < -0.39 is 34.8 Å². The number of aliphatic hydroxyl groups excluding tert-OH is 1. The van der Waals surface area contributed by atoms with E-state index in [9.17, 15) is 18.9 Å². The lowest BCUT2D eigenvalue weighted by Crippen LogP contribution is -2.48. The normalized spacial score (nSPS) is 15.0. The van der Waals surface area contributed by atoms with Gasteiger partial charge in [-0.25, -0.2) is 0 Å². The zero-order chi connectivity index (χ0) is 17.4. The van der Waals surface area contributed by atoms with Gasteiger partial charge in [0.25, 0.3) is 0 Å². The summed E-state index contributed by atoms with van der Waals surface area (Å²) in [5.74, 6) is -1.00. The second-order valence-corrected chi connectivity index (χ2v) is 7.33. The number of nitrogens with two attached hydrogens (primary N) is 1. The van der Waals surface area contributed by atoms with Gasteiger partial charge in [0.15, 0.2) is 0 Å². The van der Waals surface area contributed by atoms with Crippen molar-refractivity contribution in [2.45, 2.75) is 43.7 Å². The van der Waals surface area contributed by atoms with E-state index in [2.05, 4.69) is 5.32 Å². The first-order chi connectivity index (χ1) is 10.8. The monoisotopic (exact) mass is 340 g/mol. The fourth-order valence-corrected chi connectivity index (χ4v) is 3.17. The Labute approximate surface area is 138 Å². The van der Waals surface area contributed by atoms with Gasteiger partial charge in [-0.15, -0.1) is 0 Å². The molecule has 0 aromatic heterocycles. The molecule has 0 aliphatic heterocycles. The summed E-state index contributed by atoms with van der Waals surface area (Å²) in [6.07, 6.45) is -0.735. The van der Waals surface area contributed by atoms with E-state index in [0.29, 0.717) is 11.3 Å². The van der Waals surface area contributed by atoms with E-state index in [1.807, 2.05) is 19.9 Å². The first kappa shape index (κ1) is 19.3. The number of hydrogen-bond donors (Lipinski definition) is 3. The summed E-state index contributed by atoms with van der Waals surface area (Å²) in [5, 5.41) is 12.2. The van der Waals surface area contributed by atoms with Crippen LogP contribution in [0.3, 0.4) is 0 Å². The summed E-state index contributed by atoms with van der Waals surface area (Å²) in [6, 6.07) is 7.91. The maximum absolute atomic E-state index is 12.1. The minimum absolute atomic E-state index is 0.147. The first-order valence-corrected chi connectivity index (χ1v) is 8.84. The Balaban J connectivity index is 2.57. The van der Waals surface area contributed by atoms with Crippen molar-refractivity contribution in [3.05, 3.63) is 30.3 Å². The molecule has 0 spiro atoms. The van der Waals surface area contributed by atoms with Gasteiger partial charge in [-0.3, -0.25) is 13.8 Å². The lowest BCUT2D eigenvalue weighted by molar-refractivity contribution is -0.133. The van der Waals surface area contributed by atoms with E-state index in [0.717, 1.165) is 0 Å². The van der Waals surface area contributed by atoms with E-state index in [1.165, 1.54) is 0 Å². The fraction of sp³-hybridized carbons (Fsp3) is 0.500. The Hall–Kier alpha value is -1.73. The second-order valence-electron chi connectivity index (χ2n) is 5.76. The third kappa shape index (κ3) is 6.92. The van der Waals surface area contributed by atoms with Gasteiger partial charge >= 0.3 is 0 Å². The van der Waals surface area contributed by atoms with Crippen LogP contribution in [0.25, 0.3) is 0 Å². The van der Waals surface area contributed by atoms with Gasteiger partial charge in [-0.2, -0.15) is 0 Å². The molecular weight excluding hydrogens is 316 g/mol.